The van der Waals surface area contributed by atoms with E-state index in [4.69, 9.17) is 0 Å². The summed E-state index contributed by atoms with van der Waals surface area (Å²) in [5.41, 5.74) is 1.96. The van der Waals surface area contributed by atoms with Gasteiger partial charge in [-0.15, -0.1) is 0 Å². The third-order valence-electron chi connectivity index (χ3n) is 3.68. The van der Waals surface area contributed by atoms with E-state index < -0.39 is 6.04 Å². The highest BCUT2D eigenvalue weighted by molar-refractivity contribution is 6.03. The Hall–Kier alpha value is -1.84. The van der Waals surface area contributed by atoms with Crippen LogP contribution >= 0.6 is 0 Å². The van der Waals surface area contributed by atoms with Crippen molar-refractivity contribution in [3.63, 3.8) is 0 Å². The first kappa shape index (κ1) is 14.6. The molecule has 2 amide bonds. The third-order valence-corrected chi connectivity index (χ3v) is 3.68. The van der Waals surface area contributed by atoms with Crippen LogP contribution in [0.4, 0.5) is 5.69 Å². The second-order valence-corrected chi connectivity index (χ2v) is 5.11. The lowest BCUT2D eigenvalue weighted by Gasteiger charge is -2.24. The lowest BCUT2D eigenvalue weighted by molar-refractivity contribution is -0.126. The summed E-state index contributed by atoms with van der Waals surface area (Å²) in [5, 5.41) is 2.94. The Morgan fingerprint density at radius 3 is 2.75 bits per heavy atom. The molecule has 108 valence electrons. The zero-order valence-electron chi connectivity index (χ0n) is 12.2. The Morgan fingerprint density at radius 2 is 2.05 bits per heavy atom. The molecule has 0 radical (unpaired) electrons. The highest BCUT2D eigenvalue weighted by atomic mass is 16.2. The number of nitrogens with one attached hydrogen (secondary N) is 1. The SMILES string of the molecule is CCCCNC(=O)C1Cc2ccccc2N1C(=O)CC. The van der Waals surface area contributed by atoms with E-state index in [1.807, 2.05) is 31.2 Å². The van der Waals surface area contributed by atoms with Gasteiger partial charge in [0.25, 0.3) is 0 Å². The van der Waals surface area contributed by atoms with Crippen molar-refractivity contribution in [2.45, 2.75) is 45.6 Å². The number of carbonyl (C=O) groups excluding carboxylic acids is 2. The molecule has 4 nitrogen and oxygen atoms in total. The summed E-state index contributed by atoms with van der Waals surface area (Å²) in [6, 6.07) is 7.38. The monoisotopic (exact) mass is 274 g/mol. The zero-order chi connectivity index (χ0) is 14.5. The molecule has 4 heteroatoms. The second kappa shape index (κ2) is 6.55. The van der Waals surface area contributed by atoms with E-state index in [1.165, 1.54) is 0 Å². The number of benzene rings is 1. The fourth-order valence-electron chi connectivity index (χ4n) is 2.58. The minimum Gasteiger partial charge on any atom is -0.354 e. The number of anilines is 1. The van der Waals surface area contributed by atoms with E-state index in [1.54, 1.807) is 4.90 Å². The number of fused-ring (bicyclic) bond motifs is 1. The normalized spacial score (nSPS) is 16.9. The fourth-order valence-corrected chi connectivity index (χ4v) is 2.58. The summed E-state index contributed by atoms with van der Waals surface area (Å²) in [5.74, 6) is -0.0398. The molecule has 0 spiro atoms. The Morgan fingerprint density at radius 1 is 1.30 bits per heavy atom. The van der Waals surface area contributed by atoms with Crippen molar-refractivity contribution in [3.8, 4) is 0 Å². The van der Waals surface area contributed by atoms with Crippen LogP contribution in [0.3, 0.4) is 0 Å². The van der Waals surface area contributed by atoms with Gasteiger partial charge in [-0.1, -0.05) is 38.5 Å². The molecule has 1 aromatic carbocycles. The van der Waals surface area contributed by atoms with Crippen LogP contribution in [-0.4, -0.2) is 24.4 Å². The van der Waals surface area contributed by atoms with Crippen LogP contribution in [0.1, 0.15) is 38.7 Å². The number of rotatable bonds is 5. The topological polar surface area (TPSA) is 49.4 Å². The summed E-state index contributed by atoms with van der Waals surface area (Å²) in [7, 11) is 0. The molecule has 2 rings (SSSR count). The highest BCUT2D eigenvalue weighted by Gasteiger charge is 2.37. The molecule has 0 bridgehead atoms. The lowest BCUT2D eigenvalue weighted by atomic mass is 10.1. The standard InChI is InChI=1S/C16H22N2O2/c1-3-5-10-17-16(20)14-11-12-8-6-7-9-13(12)18(14)15(19)4-2/h6-9,14H,3-5,10-11H2,1-2H3,(H,17,20). The van der Waals surface area contributed by atoms with Gasteiger partial charge in [-0.3, -0.25) is 14.5 Å². The Bertz CT molecular complexity index is 499. The fraction of sp³-hybridized carbons (Fsp3) is 0.500. The molecule has 0 fully saturated rings. The first-order valence-corrected chi connectivity index (χ1v) is 7.36. The number of amides is 2. The predicted molar refractivity (Wildman–Crippen MR) is 79.6 cm³/mol. The number of carbonyl (C=O) groups is 2. The summed E-state index contributed by atoms with van der Waals surface area (Å²) >= 11 is 0. The molecular weight excluding hydrogens is 252 g/mol. The largest absolute Gasteiger partial charge is 0.354 e. The third kappa shape index (κ3) is 2.84. The summed E-state index contributed by atoms with van der Waals surface area (Å²) < 4.78 is 0. The van der Waals surface area contributed by atoms with Crippen molar-refractivity contribution in [2.75, 3.05) is 11.4 Å². The number of unbranched alkanes of at least 4 members (excludes halogenated alkanes) is 1. The molecule has 0 saturated heterocycles. The Balaban J connectivity index is 2.17. The minimum atomic E-state index is -0.392. The van der Waals surface area contributed by atoms with Crippen molar-refractivity contribution in [1.82, 2.24) is 5.32 Å². The van der Waals surface area contributed by atoms with Gasteiger partial charge in [0.15, 0.2) is 0 Å². The highest BCUT2D eigenvalue weighted by Crippen LogP contribution is 2.32. The molecule has 1 atom stereocenters. The second-order valence-electron chi connectivity index (χ2n) is 5.11. The molecule has 0 aromatic heterocycles. The maximum atomic E-state index is 12.3. The summed E-state index contributed by atoms with van der Waals surface area (Å²) in [6.45, 7) is 4.59. The molecule has 1 N–H and O–H groups in total. The first-order chi connectivity index (χ1) is 9.69. The van der Waals surface area contributed by atoms with Crippen LogP contribution < -0.4 is 10.2 Å². The van der Waals surface area contributed by atoms with Crippen LogP contribution in [-0.2, 0) is 16.0 Å². The molecule has 1 heterocycles. The quantitative estimate of drug-likeness (QED) is 0.837. The first-order valence-electron chi connectivity index (χ1n) is 7.36. The van der Waals surface area contributed by atoms with Gasteiger partial charge in [0.1, 0.15) is 6.04 Å². The number of nitrogens with zero attached hydrogens (tertiary/aromatic N) is 1. The van der Waals surface area contributed by atoms with Gasteiger partial charge in [0, 0.05) is 25.1 Å². The summed E-state index contributed by atoms with van der Waals surface area (Å²) in [6.07, 6.45) is 3.03. The van der Waals surface area contributed by atoms with E-state index in [-0.39, 0.29) is 11.8 Å². The summed E-state index contributed by atoms with van der Waals surface area (Å²) in [4.78, 5) is 26.1. The molecule has 1 aliphatic rings. The van der Waals surface area contributed by atoms with Crippen molar-refractivity contribution in [1.29, 1.82) is 0 Å². The minimum absolute atomic E-state index is 0.00518. The lowest BCUT2D eigenvalue weighted by Crippen LogP contribution is -2.48. The van der Waals surface area contributed by atoms with Crippen LogP contribution in [0.2, 0.25) is 0 Å². The van der Waals surface area contributed by atoms with Crippen molar-refractivity contribution >= 4 is 17.5 Å². The molecular formula is C16H22N2O2. The number of hydrogen-bond donors (Lipinski definition) is 1. The van der Waals surface area contributed by atoms with Gasteiger partial charge in [0.05, 0.1) is 0 Å². The molecule has 1 aliphatic heterocycles. The number of para-hydroxylation sites is 1. The van der Waals surface area contributed by atoms with Crippen LogP contribution in [0.25, 0.3) is 0 Å². The maximum absolute atomic E-state index is 12.3. The van der Waals surface area contributed by atoms with E-state index in [9.17, 15) is 9.59 Å². The van der Waals surface area contributed by atoms with E-state index in [2.05, 4.69) is 12.2 Å². The van der Waals surface area contributed by atoms with Crippen LogP contribution in [0.5, 0.6) is 0 Å². The molecule has 1 aromatic rings. The van der Waals surface area contributed by atoms with E-state index in [0.717, 1.165) is 24.1 Å². The van der Waals surface area contributed by atoms with Gasteiger partial charge in [-0.25, -0.2) is 0 Å². The van der Waals surface area contributed by atoms with Gasteiger partial charge in [-0.2, -0.15) is 0 Å². The smallest absolute Gasteiger partial charge is 0.243 e. The van der Waals surface area contributed by atoms with Crippen molar-refractivity contribution < 1.29 is 9.59 Å². The molecule has 1 unspecified atom stereocenters. The molecule has 0 aliphatic carbocycles. The van der Waals surface area contributed by atoms with Crippen molar-refractivity contribution in [2.24, 2.45) is 0 Å². The molecule has 20 heavy (non-hydrogen) atoms. The van der Waals surface area contributed by atoms with Crippen LogP contribution in [0, 0.1) is 0 Å². The maximum Gasteiger partial charge on any atom is 0.243 e. The zero-order valence-corrected chi connectivity index (χ0v) is 12.2. The van der Waals surface area contributed by atoms with Gasteiger partial charge in [-0.05, 0) is 18.1 Å². The average Bonchev–Trinajstić information content (AvgIpc) is 2.86. The van der Waals surface area contributed by atoms with Crippen LogP contribution in [0.15, 0.2) is 24.3 Å². The molecule has 0 saturated carbocycles. The van der Waals surface area contributed by atoms with E-state index in [0.29, 0.717) is 19.4 Å². The van der Waals surface area contributed by atoms with Gasteiger partial charge >= 0.3 is 0 Å². The average molecular weight is 274 g/mol. The predicted octanol–water partition coefficient (Wildman–Crippen LogP) is 2.27. The van der Waals surface area contributed by atoms with Crippen molar-refractivity contribution in [3.05, 3.63) is 29.8 Å². The number of hydrogen-bond acceptors (Lipinski definition) is 2. The Labute approximate surface area is 120 Å². The van der Waals surface area contributed by atoms with Gasteiger partial charge in [0.2, 0.25) is 11.8 Å². The van der Waals surface area contributed by atoms with E-state index >= 15 is 0 Å². The van der Waals surface area contributed by atoms with Gasteiger partial charge < -0.3 is 5.32 Å². The Kier molecular flexibility index (Phi) is 4.77.